The highest BCUT2D eigenvalue weighted by Crippen LogP contribution is 1.97. The highest BCUT2D eigenvalue weighted by Gasteiger charge is 1.94. The van der Waals surface area contributed by atoms with Gasteiger partial charge in [-0.05, 0) is 12.0 Å². The molecule has 0 spiro atoms. The Morgan fingerprint density at radius 2 is 1.88 bits per heavy atom. The monoisotopic (exact) mass is 248 g/mol. The zero-order valence-electron chi connectivity index (χ0n) is 8.96. The minimum absolute atomic E-state index is 0.837. The summed E-state index contributed by atoms with van der Waals surface area (Å²) in [5.41, 5.74) is 3.94. The first-order valence-corrected chi connectivity index (χ1v) is 5.86. The van der Waals surface area contributed by atoms with Gasteiger partial charge in [-0.3, -0.25) is 20.0 Å². The van der Waals surface area contributed by atoms with Crippen LogP contribution >= 0.6 is 0 Å². The molecule has 0 unspecified atom stereocenters. The maximum absolute atomic E-state index is 9.33. The van der Waals surface area contributed by atoms with E-state index in [9.17, 15) is 8.42 Å². The molecule has 0 aromatic heterocycles. The van der Waals surface area contributed by atoms with Crippen molar-refractivity contribution in [1.29, 1.82) is 0 Å². The van der Waals surface area contributed by atoms with Gasteiger partial charge >= 0.3 is 10.4 Å². The van der Waals surface area contributed by atoms with Crippen LogP contribution in [-0.4, -0.2) is 26.6 Å². The number of hydrazine groups is 1. The first-order valence-electron chi connectivity index (χ1n) is 4.50. The lowest BCUT2D eigenvalue weighted by Crippen LogP contribution is -2.24. The third-order valence-corrected chi connectivity index (χ3v) is 2.03. The molecule has 0 atom stereocenters. The molecule has 0 saturated heterocycles. The molecule has 0 saturated carbocycles. The fourth-order valence-electron chi connectivity index (χ4n) is 0.861. The molecule has 0 bridgehead atoms. The quantitative estimate of drug-likeness (QED) is 0.397. The van der Waals surface area contributed by atoms with E-state index in [0.29, 0.717) is 0 Å². The lowest BCUT2D eigenvalue weighted by Gasteiger charge is -1.97. The van der Waals surface area contributed by atoms with E-state index in [1.807, 2.05) is 18.2 Å². The van der Waals surface area contributed by atoms with Gasteiger partial charge in [0.15, 0.2) is 0 Å². The van der Waals surface area contributed by atoms with Crippen molar-refractivity contribution in [2.45, 2.75) is 6.42 Å². The van der Waals surface area contributed by atoms with E-state index >= 15 is 0 Å². The molecule has 0 aliphatic heterocycles. The van der Waals surface area contributed by atoms with Gasteiger partial charge in [-0.15, -0.1) is 0 Å². The highest BCUT2D eigenvalue weighted by atomic mass is 32.3. The fourth-order valence-corrected chi connectivity index (χ4v) is 0.861. The van der Waals surface area contributed by atoms with E-state index in [-0.39, 0.29) is 0 Å². The summed E-state index contributed by atoms with van der Waals surface area (Å²) in [6, 6.07) is 10.3. The first-order chi connectivity index (χ1) is 7.49. The summed E-state index contributed by atoms with van der Waals surface area (Å²) in [5, 5.41) is 0. The van der Waals surface area contributed by atoms with Crippen molar-refractivity contribution < 1.29 is 17.2 Å². The largest absolute Gasteiger partial charge is 0.397 e. The normalized spacial score (nSPS) is 10.4. The van der Waals surface area contributed by atoms with Gasteiger partial charge in [0.25, 0.3) is 0 Å². The number of nitrogens with two attached hydrogens (primary N) is 1. The zero-order valence-corrected chi connectivity index (χ0v) is 9.78. The summed E-state index contributed by atoms with van der Waals surface area (Å²) in [7, 11) is -3.29. The Morgan fingerprint density at radius 1 is 1.38 bits per heavy atom. The highest BCUT2D eigenvalue weighted by molar-refractivity contribution is 7.80. The minimum atomic E-state index is -4.16. The van der Waals surface area contributed by atoms with Crippen LogP contribution in [0.15, 0.2) is 30.3 Å². The number of hydrogen-bond acceptors (Lipinski definition) is 5. The van der Waals surface area contributed by atoms with Crippen LogP contribution in [0, 0.1) is 0 Å². The van der Waals surface area contributed by atoms with Gasteiger partial charge in [-0.1, -0.05) is 30.3 Å². The second-order valence-electron chi connectivity index (χ2n) is 2.78. The molecular weight excluding hydrogens is 232 g/mol. The Morgan fingerprint density at radius 3 is 2.25 bits per heavy atom. The molecule has 1 aromatic rings. The standard InChI is InChI=1S/C8H12N2.CH4O4S/c9-10-7-6-8-4-2-1-3-5-8;1-5-6(2,3)4/h1-5,10H,6-7,9H2;1H3,(H,2,3,4). The van der Waals surface area contributed by atoms with E-state index < -0.39 is 10.4 Å². The minimum Gasteiger partial charge on any atom is -0.271 e. The van der Waals surface area contributed by atoms with E-state index in [1.165, 1.54) is 5.56 Å². The average molecular weight is 248 g/mol. The molecular formula is C9H16N2O4S. The number of benzene rings is 1. The van der Waals surface area contributed by atoms with Gasteiger partial charge in [-0.25, -0.2) is 0 Å². The molecule has 6 nitrogen and oxygen atoms in total. The molecule has 0 radical (unpaired) electrons. The second kappa shape index (κ2) is 8.20. The van der Waals surface area contributed by atoms with Crippen molar-refractivity contribution in [3.8, 4) is 0 Å². The van der Waals surface area contributed by atoms with Crippen molar-refractivity contribution in [3.05, 3.63) is 35.9 Å². The van der Waals surface area contributed by atoms with Crippen molar-refractivity contribution in [1.82, 2.24) is 5.43 Å². The molecule has 4 N–H and O–H groups in total. The van der Waals surface area contributed by atoms with Gasteiger partial charge in [0.1, 0.15) is 0 Å². The summed E-state index contributed by atoms with van der Waals surface area (Å²) in [4.78, 5) is 0. The summed E-state index contributed by atoms with van der Waals surface area (Å²) < 4.78 is 29.7. The van der Waals surface area contributed by atoms with Crippen LogP contribution in [0.1, 0.15) is 5.56 Å². The number of nitrogens with one attached hydrogen (secondary N) is 1. The molecule has 1 aromatic carbocycles. The summed E-state index contributed by atoms with van der Waals surface area (Å²) >= 11 is 0. The molecule has 7 heteroatoms. The van der Waals surface area contributed by atoms with Crippen LogP contribution in [0.5, 0.6) is 0 Å². The Labute approximate surface area is 95.3 Å². The summed E-state index contributed by atoms with van der Waals surface area (Å²) in [6.45, 7) is 0.837. The summed E-state index contributed by atoms with van der Waals surface area (Å²) in [6.07, 6.45) is 0.997. The first kappa shape index (κ1) is 15.0. The van der Waals surface area contributed by atoms with E-state index in [4.69, 9.17) is 10.4 Å². The molecule has 16 heavy (non-hydrogen) atoms. The molecule has 0 aliphatic rings. The van der Waals surface area contributed by atoms with Crippen LogP contribution < -0.4 is 11.3 Å². The van der Waals surface area contributed by atoms with Crippen molar-refractivity contribution in [2.24, 2.45) is 5.84 Å². The van der Waals surface area contributed by atoms with Crippen LogP contribution in [0.4, 0.5) is 0 Å². The topological polar surface area (TPSA) is 102 Å². The molecule has 92 valence electrons. The van der Waals surface area contributed by atoms with Gasteiger partial charge in [0.05, 0.1) is 7.11 Å². The van der Waals surface area contributed by atoms with Gasteiger partial charge in [0.2, 0.25) is 0 Å². The van der Waals surface area contributed by atoms with Crippen molar-refractivity contribution in [3.63, 3.8) is 0 Å². The van der Waals surface area contributed by atoms with E-state index in [1.54, 1.807) is 0 Å². The second-order valence-corrected chi connectivity index (χ2v) is 3.97. The Balaban J connectivity index is 0.000000325. The van der Waals surface area contributed by atoms with Crippen molar-refractivity contribution in [2.75, 3.05) is 13.7 Å². The molecule has 0 aliphatic carbocycles. The average Bonchev–Trinajstić information content (AvgIpc) is 2.28. The van der Waals surface area contributed by atoms with Crippen LogP contribution in [0.25, 0.3) is 0 Å². The Hall–Kier alpha value is -0.990. The Bertz CT molecular complexity index is 366. The third-order valence-electron chi connectivity index (χ3n) is 1.61. The zero-order chi connectivity index (χ0) is 12.4. The number of rotatable bonds is 4. The van der Waals surface area contributed by atoms with Crippen LogP contribution in [-0.2, 0) is 21.0 Å². The Kier molecular flexibility index (Phi) is 7.69. The fraction of sp³-hybridized carbons (Fsp3) is 0.333. The van der Waals surface area contributed by atoms with Crippen LogP contribution in [0.2, 0.25) is 0 Å². The maximum atomic E-state index is 9.33. The van der Waals surface area contributed by atoms with E-state index in [2.05, 4.69) is 21.7 Å². The van der Waals surface area contributed by atoms with Crippen LogP contribution in [0.3, 0.4) is 0 Å². The molecule has 1 rings (SSSR count). The lowest BCUT2D eigenvalue weighted by atomic mass is 10.2. The smallest absolute Gasteiger partial charge is 0.271 e. The molecule has 0 fully saturated rings. The predicted octanol–water partition coefficient (Wildman–Crippen LogP) is 0.128. The number of hydrogen-bond donors (Lipinski definition) is 3. The lowest BCUT2D eigenvalue weighted by molar-refractivity contribution is 0.324. The van der Waals surface area contributed by atoms with E-state index in [0.717, 1.165) is 20.1 Å². The maximum Gasteiger partial charge on any atom is 0.397 e. The van der Waals surface area contributed by atoms with Gasteiger partial charge in [0, 0.05) is 6.54 Å². The summed E-state index contributed by atoms with van der Waals surface area (Å²) in [5.74, 6) is 5.13. The van der Waals surface area contributed by atoms with Crippen molar-refractivity contribution >= 4 is 10.4 Å². The third kappa shape index (κ3) is 9.56. The van der Waals surface area contributed by atoms with Gasteiger partial charge < -0.3 is 0 Å². The predicted molar refractivity (Wildman–Crippen MR) is 60.9 cm³/mol. The molecule has 0 amide bonds. The molecule has 0 heterocycles. The van der Waals surface area contributed by atoms with Gasteiger partial charge in [-0.2, -0.15) is 8.42 Å². The SMILES string of the molecule is COS(=O)(=O)O.NNCCc1ccccc1.